The van der Waals surface area contributed by atoms with Gasteiger partial charge in [-0.15, -0.1) is 10.2 Å². The molecule has 0 fully saturated rings. The molecule has 0 saturated heterocycles. The first kappa shape index (κ1) is 21.4. The van der Waals surface area contributed by atoms with E-state index in [0.717, 1.165) is 5.52 Å². The van der Waals surface area contributed by atoms with E-state index < -0.39 is 5.91 Å². The van der Waals surface area contributed by atoms with E-state index in [1.165, 1.54) is 0 Å². The van der Waals surface area contributed by atoms with Crippen molar-refractivity contribution in [1.29, 1.82) is 0 Å². The molecule has 162 valence electrons. The number of azo groups is 1. The molecule has 1 heterocycles. The third-order valence-electron chi connectivity index (χ3n) is 4.68. The predicted molar refractivity (Wildman–Crippen MR) is 122 cm³/mol. The lowest BCUT2D eigenvalue weighted by Gasteiger charge is -2.09. The third kappa shape index (κ3) is 5.07. The van der Waals surface area contributed by atoms with Crippen molar-refractivity contribution < 1.29 is 19.4 Å². The second-order valence-corrected chi connectivity index (χ2v) is 7.28. The summed E-state index contributed by atoms with van der Waals surface area (Å²) >= 11 is 5.89. The van der Waals surface area contributed by atoms with Gasteiger partial charge in [-0.1, -0.05) is 48.0 Å². The van der Waals surface area contributed by atoms with Crippen LogP contribution in [0, 0.1) is 0 Å². The summed E-state index contributed by atoms with van der Waals surface area (Å²) < 4.78 is 12.8. The van der Waals surface area contributed by atoms with Gasteiger partial charge in [0.25, 0.3) is 0 Å². The minimum Gasteiger partial charge on any atom is -0.493 e. The van der Waals surface area contributed by atoms with Crippen molar-refractivity contribution in [3.05, 3.63) is 83.9 Å². The van der Waals surface area contributed by atoms with Gasteiger partial charge in [0.2, 0.25) is 5.88 Å². The molecule has 0 atom stereocenters. The molecule has 32 heavy (non-hydrogen) atoms. The topological polar surface area (TPSA) is 85.4 Å². The molecule has 4 aromatic rings. The van der Waals surface area contributed by atoms with Crippen LogP contribution >= 0.6 is 11.6 Å². The van der Waals surface area contributed by atoms with E-state index in [9.17, 15) is 9.90 Å². The molecule has 8 heteroatoms. The smallest absolute Gasteiger partial charge is 0.302 e. The monoisotopic (exact) mass is 449 g/mol. The normalized spacial score (nSPS) is 11.2. The van der Waals surface area contributed by atoms with Crippen molar-refractivity contribution in [2.75, 3.05) is 13.2 Å². The Bertz CT molecular complexity index is 1240. The van der Waals surface area contributed by atoms with Gasteiger partial charge in [0.1, 0.15) is 18.1 Å². The number of hydrogen-bond acceptors (Lipinski definition) is 5. The van der Waals surface area contributed by atoms with Crippen LogP contribution < -0.4 is 9.47 Å². The van der Waals surface area contributed by atoms with Gasteiger partial charge in [-0.3, -0.25) is 4.79 Å². The van der Waals surface area contributed by atoms with Crippen molar-refractivity contribution >= 4 is 34.1 Å². The molecule has 0 unspecified atom stereocenters. The number of halogens is 1. The van der Waals surface area contributed by atoms with Crippen LogP contribution in [0.15, 0.2) is 89.1 Å². The Morgan fingerprint density at radius 1 is 0.906 bits per heavy atom. The summed E-state index contributed by atoms with van der Waals surface area (Å²) in [7, 11) is 0. The number of hydrogen-bond donors (Lipinski definition) is 1. The Labute approximate surface area is 189 Å². The van der Waals surface area contributed by atoms with Crippen molar-refractivity contribution in [2.45, 2.75) is 6.54 Å². The zero-order chi connectivity index (χ0) is 22.3. The quantitative estimate of drug-likeness (QED) is 0.346. The maximum absolute atomic E-state index is 12.1. The largest absolute Gasteiger partial charge is 0.493 e. The average Bonchev–Trinajstić information content (AvgIpc) is 3.09. The molecular weight excluding hydrogens is 430 g/mol. The number of para-hydroxylation sites is 2. The number of carbonyl (C=O) groups is 1. The minimum absolute atomic E-state index is 0.0913. The number of aromatic nitrogens is 1. The van der Waals surface area contributed by atoms with E-state index in [1.54, 1.807) is 41.0 Å². The Balaban J connectivity index is 1.47. The highest BCUT2D eigenvalue weighted by atomic mass is 35.5. The number of amides is 1. The Morgan fingerprint density at radius 3 is 2.38 bits per heavy atom. The van der Waals surface area contributed by atoms with E-state index >= 15 is 0 Å². The van der Waals surface area contributed by atoms with Gasteiger partial charge >= 0.3 is 5.91 Å². The third-order valence-corrected chi connectivity index (χ3v) is 4.93. The highest BCUT2D eigenvalue weighted by molar-refractivity contribution is 6.30. The summed E-state index contributed by atoms with van der Waals surface area (Å²) in [5, 5.41) is 19.8. The van der Waals surface area contributed by atoms with Gasteiger partial charge < -0.3 is 19.1 Å². The highest BCUT2D eigenvalue weighted by Crippen LogP contribution is 2.38. The first-order chi connectivity index (χ1) is 15.6. The summed E-state index contributed by atoms with van der Waals surface area (Å²) in [6.45, 7) is 0.436. The maximum atomic E-state index is 12.1. The van der Waals surface area contributed by atoms with Crippen LogP contribution in [0.1, 0.15) is 0 Å². The van der Waals surface area contributed by atoms with Crippen molar-refractivity contribution in [3.63, 3.8) is 0 Å². The van der Waals surface area contributed by atoms with Crippen LogP contribution in [-0.2, 0) is 11.3 Å². The molecule has 0 aliphatic carbocycles. The molecule has 0 bridgehead atoms. The van der Waals surface area contributed by atoms with Crippen LogP contribution in [0.2, 0.25) is 5.02 Å². The maximum Gasteiger partial charge on any atom is 0.302 e. The van der Waals surface area contributed by atoms with Gasteiger partial charge in [-0.25, -0.2) is 0 Å². The predicted octanol–water partition coefficient (Wildman–Crippen LogP) is 5.77. The Morgan fingerprint density at radius 2 is 1.59 bits per heavy atom. The fourth-order valence-corrected chi connectivity index (χ4v) is 3.30. The molecular formula is C24H20ClN3O4. The summed E-state index contributed by atoms with van der Waals surface area (Å²) in [5.74, 6) is 0.591. The van der Waals surface area contributed by atoms with Crippen LogP contribution in [0.5, 0.6) is 17.4 Å². The van der Waals surface area contributed by atoms with Gasteiger partial charge in [0.05, 0.1) is 12.1 Å². The van der Waals surface area contributed by atoms with Gasteiger partial charge in [0, 0.05) is 10.4 Å². The van der Waals surface area contributed by atoms with Gasteiger partial charge in [-0.05, 0) is 42.5 Å². The lowest BCUT2D eigenvalue weighted by atomic mass is 10.2. The van der Waals surface area contributed by atoms with Crippen LogP contribution in [-0.4, -0.2) is 28.8 Å². The van der Waals surface area contributed by atoms with Crippen LogP contribution in [0.3, 0.4) is 0 Å². The molecule has 1 amide bonds. The lowest BCUT2D eigenvalue weighted by molar-refractivity contribution is -0.120. The molecule has 0 spiro atoms. The molecule has 0 saturated carbocycles. The molecule has 0 radical (unpaired) electrons. The molecule has 3 aromatic carbocycles. The number of carbonyl (C=O) groups excluding carboxylic acids is 1. The number of aromatic hydroxyl groups is 1. The fraction of sp³-hybridized carbons (Fsp3) is 0.125. The Kier molecular flexibility index (Phi) is 6.67. The van der Waals surface area contributed by atoms with Crippen LogP contribution in [0.4, 0.5) is 5.69 Å². The summed E-state index contributed by atoms with van der Waals surface area (Å²) in [6.07, 6.45) is 0. The number of nitrogens with zero attached hydrogens (tertiary/aromatic N) is 3. The zero-order valence-electron chi connectivity index (χ0n) is 17.0. The van der Waals surface area contributed by atoms with E-state index in [4.69, 9.17) is 21.1 Å². The standard InChI is InChI=1S/C24H20ClN3O4/c25-17-10-12-19(13-11-17)31-15-14-28-21-9-5-4-8-20(21)23(24(28)30)27-26-22(29)16-32-18-6-2-1-3-7-18/h1-13,30H,14-16H2. The zero-order valence-corrected chi connectivity index (χ0v) is 17.8. The minimum atomic E-state index is -0.559. The molecule has 0 aliphatic rings. The first-order valence-corrected chi connectivity index (χ1v) is 10.3. The van der Waals surface area contributed by atoms with Crippen molar-refractivity contribution in [2.24, 2.45) is 10.2 Å². The van der Waals surface area contributed by atoms with Crippen molar-refractivity contribution in [3.8, 4) is 17.4 Å². The van der Waals surface area contributed by atoms with Crippen molar-refractivity contribution in [1.82, 2.24) is 4.57 Å². The summed E-state index contributed by atoms with van der Waals surface area (Å²) in [5.41, 5.74) is 0.979. The van der Waals surface area contributed by atoms with Gasteiger partial charge in [0.15, 0.2) is 12.3 Å². The number of benzene rings is 3. The first-order valence-electron chi connectivity index (χ1n) is 9.93. The molecule has 1 aromatic heterocycles. The van der Waals surface area contributed by atoms with E-state index in [1.807, 2.05) is 42.5 Å². The Hall–Kier alpha value is -3.84. The summed E-state index contributed by atoms with van der Waals surface area (Å²) in [6, 6.07) is 23.4. The molecule has 4 rings (SSSR count). The highest BCUT2D eigenvalue weighted by Gasteiger charge is 2.17. The average molecular weight is 450 g/mol. The second kappa shape index (κ2) is 9.98. The SMILES string of the molecule is O=C(COc1ccccc1)N=Nc1c(O)n(CCOc2ccc(Cl)cc2)c2ccccc12. The second-order valence-electron chi connectivity index (χ2n) is 6.84. The molecule has 7 nitrogen and oxygen atoms in total. The lowest BCUT2D eigenvalue weighted by Crippen LogP contribution is -2.08. The number of fused-ring (bicyclic) bond motifs is 1. The fourth-order valence-electron chi connectivity index (χ4n) is 3.18. The van der Waals surface area contributed by atoms with E-state index in [2.05, 4.69) is 10.2 Å². The molecule has 0 aliphatic heterocycles. The summed E-state index contributed by atoms with van der Waals surface area (Å²) in [4.78, 5) is 12.1. The van der Waals surface area contributed by atoms with E-state index in [-0.39, 0.29) is 18.2 Å². The molecule has 1 N–H and O–H groups in total. The number of ether oxygens (including phenoxy) is 2. The number of rotatable bonds is 8. The van der Waals surface area contributed by atoms with Crippen LogP contribution in [0.25, 0.3) is 10.9 Å². The van der Waals surface area contributed by atoms with Gasteiger partial charge in [-0.2, -0.15) is 0 Å². The van der Waals surface area contributed by atoms with E-state index in [0.29, 0.717) is 35.1 Å².